The maximum Gasteiger partial charge on any atom is 0.264 e. The SMILES string of the molecule is CCN(Cc1cccc(N(C)C)n1)C(=O)CN(c1ccc(C)cc1)S(=O)(=O)c1ccc(C(C)(C)C)cc1. The third-order valence-corrected chi connectivity index (χ3v) is 8.03. The molecule has 0 spiro atoms. The number of sulfonamides is 1. The summed E-state index contributed by atoms with van der Waals surface area (Å²) in [5.41, 5.74) is 3.12. The molecule has 0 unspecified atom stereocenters. The van der Waals surface area contributed by atoms with Crippen molar-refractivity contribution in [2.24, 2.45) is 0 Å². The fraction of sp³-hybridized carbons (Fsp3) is 0.379. The molecule has 0 aliphatic rings. The zero-order valence-electron chi connectivity index (χ0n) is 22.9. The summed E-state index contributed by atoms with van der Waals surface area (Å²) >= 11 is 0. The van der Waals surface area contributed by atoms with Crippen molar-refractivity contribution in [1.29, 1.82) is 0 Å². The normalized spacial score (nSPS) is 11.8. The number of hydrogen-bond acceptors (Lipinski definition) is 5. The van der Waals surface area contributed by atoms with Gasteiger partial charge in [-0.15, -0.1) is 0 Å². The number of benzene rings is 2. The molecule has 1 aromatic heterocycles. The number of aryl methyl sites for hydroxylation is 1. The topological polar surface area (TPSA) is 73.8 Å². The first-order chi connectivity index (χ1) is 17.3. The Morgan fingerprint density at radius 1 is 0.919 bits per heavy atom. The molecule has 1 heterocycles. The highest BCUT2D eigenvalue weighted by Crippen LogP contribution is 2.28. The van der Waals surface area contributed by atoms with Crippen molar-refractivity contribution in [1.82, 2.24) is 9.88 Å². The van der Waals surface area contributed by atoms with Crippen molar-refractivity contribution >= 4 is 27.4 Å². The zero-order valence-corrected chi connectivity index (χ0v) is 23.7. The number of anilines is 2. The number of carbonyl (C=O) groups excluding carboxylic acids is 1. The Balaban J connectivity index is 1.94. The fourth-order valence-electron chi connectivity index (χ4n) is 3.88. The van der Waals surface area contributed by atoms with Crippen LogP contribution in [0.4, 0.5) is 11.5 Å². The van der Waals surface area contributed by atoms with E-state index in [0.29, 0.717) is 18.8 Å². The molecule has 0 saturated carbocycles. The number of rotatable bonds is 9. The molecule has 0 aliphatic heterocycles. The molecule has 37 heavy (non-hydrogen) atoms. The second-order valence-electron chi connectivity index (χ2n) is 10.4. The van der Waals surface area contributed by atoms with Crippen LogP contribution in [-0.4, -0.2) is 51.4 Å². The van der Waals surface area contributed by atoms with E-state index < -0.39 is 10.0 Å². The highest BCUT2D eigenvalue weighted by atomic mass is 32.2. The van der Waals surface area contributed by atoms with Gasteiger partial charge < -0.3 is 9.80 Å². The van der Waals surface area contributed by atoms with Crippen LogP contribution in [0.2, 0.25) is 0 Å². The van der Waals surface area contributed by atoms with Gasteiger partial charge in [-0.3, -0.25) is 9.10 Å². The van der Waals surface area contributed by atoms with Crippen LogP contribution in [0.25, 0.3) is 0 Å². The molecule has 0 atom stereocenters. The summed E-state index contributed by atoms with van der Waals surface area (Å²) in [6.07, 6.45) is 0. The number of aromatic nitrogens is 1. The molecule has 2 aromatic carbocycles. The second-order valence-corrected chi connectivity index (χ2v) is 12.3. The molecule has 0 radical (unpaired) electrons. The fourth-order valence-corrected chi connectivity index (χ4v) is 5.29. The van der Waals surface area contributed by atoms with Crippen molar-refractivity contribution < 1.29 is 13.2 Å². The summed E-state index contributed by atoms with van der Waals surface area (Å²) in [6.45, 7) is 10.5. The minimum atomic E-state index is -3.99. The molecule has 0 N–H and O–H groups in total. The second kappa shape index (κ2) is 11.3. The Morgan fingerprint density at radius 2 is 1.54 bits per heavy atom. The van der Waals surface area contributed by atoms with Gasteiger partial charge in [-0.05, 0) is 61.2 Å². The molecule has 198 valence electrons. The van der Waals surface area contributed by atoms with E-state index in [-0.39, 0.29) is 22.8 Å². The summed E-state index contributed by atoms with van der Waals surface area (Å²) in [5.74, 6) is 0.499. The van der Waals surface area contributed by atoms with Crippen LogP contribution >= 0.6 is 0 Å². The van der Waals surface area contributed by atoms with E-state index in [1.165, 1.54) is 4.31 Å². The molecule has 1 amide bonds. The third-order valence-electron chi connectivity index (χ3n) is 6.25. The Morgan fingerprint density at radius 3 is 2.08 bits per heavy atom. The van der Waals surface area contributed by atoms with E-state index in [2.05, 4.69) is 25.8 Å². The van der Waals surface area contributed by atoms with Crippen LogP contribution in [0.15, 0.2) is 71.6 Å². The van der Waals surface area contributed by atoms with E-state index in [1.807, 2.05) is 75.3 Å². The maximum absolute atomic E-state index is 13.8. The Bertz CT molecular complexity index is 1310. The number of amides is 1. The first kappa shape index (κ1) is 28.2. The van der Waals surface area contributed by atoms with Crippen molar-refractivity contribution in [3.05, 3.63) is 83.6 Å². The lowest BCUT2D eigenvalue weighted by molar-refractivity contribution is -0.130. The average Bonchev–Trinajstić information content (AvgIpc) is 2.86. The number of pyridine rings is 1. The lowest BCUT2D eigenvalue weighted by Gasteiger charge is -2.28. The minimum Gasteiger partial charge on any atom is -0.363 e. The van der Waals surface area contributed by atoms with Gasteiger partial charge in [-0.25, -0.2) is 13.4 Å². The monoisotopic (exact) mass is 522 g/mol. The zero-order chi connectivity index (χ0) is 27.4. The van der Waals surface area contributed by atoms with Crippen LogP contribution in [0.3, 0.4) is 0 Å². The average molecular weight is 523 g/mol. The van der Waals surface area contributed by atoms with Crippen LogP contribution < -0.4 is 9.21 Å². The van der Waals surface area contributed by atoms with Gasteiger partial charge in [-0.1, -0.05) is 56.7 Å². The Kier molecular flexibility index (Phi) is 8.64. The quantitative estimate of drug-likeness (QED) is 0.396. The van der Waals surface area contributed by atoms with Gasteiger partial charge in [0.15, 0.2) is 0 Å². The number of nitrogens with zero attached hydrogens (tertiary/aromatic N) is 4. The van der Waals surface area contributed by atoms with Gasteiger partial charge in [0.25, 0.3) is 10.0 Å². The van der Waals surface area contributed by atoms with Crippen LogP contribution in [-0.2, 0) is 26.8 Å². The van der Waals surface area contributed by atoms with Crippen LogP contribution in [0.1, 0.15) is 44.5 Å². The maximum atomic E-state index is 13.8. The molecule has 0 bridgehead atoms. The summed E-state index contributed by atoms with van der Waals surface area (Å²) in [4.78, 5) is 21.8. The Labute approximate surface area is 221 Å². The number of likely N-dealkylation sites (N-methyl/N-ethyl adjacent to an activating group) is 1. The predicted molar refractivity (Wildman–Crippen MR) is 151 cm³/mol. The van der Waals surface area contributed by atoms with E-state index in [0.717, 1.165) is 22.6 Å². The molecule has 0 fully saturated rings. The molecular weight excluding hydrogens is 484 g/mol. The minimum absolute atomic E-state index is 0.103. The molecular formula is C29H38N4O3S. The standard InChI is InChI=1S/C29H38N4O3S/c1-8-32(20-24-10-9-11-27(30-24)31(6)7)28(34)21-33(25-16-12-22(2)13-17-25)37(35,36)26-18-14-23(15-19-26)29(3,4)5/h9-19H,8,20-21H2,1-7H3. The van der Waals surface area contributed by atoms with Crippen molar-refractivity contribution in [3.8, 4) is 0 Å². The van der Waals surface area contributed by atoms with Gasteiger partial charge in [0, 0.05) is 20.6 Å². The van der Waals surface area contributed by atoms with E-state index in [4.69, 9.17) is 0 Å². The summed E-state index contributed by atoms with van der Waals surface area (Å²) in [6, 6.07) is 19.8. The van der Waals surface area contributed by atoms with Crippen LogP contribution in [0.5, 0.6) is 0 Å². The molecule has 3 rings (SSSR count). The molecule has 7 nitrogen and oxygen atoms in total. The van der Waals surface area contributed by atoms with Crippen LogP contribution in [0, 0.1) is 6.92 Å². The van der Waals surface area contributed by atoms with Crippen molar-refractivity contribution in [3.63, 3.8) is 0 Å². The van der Waals surface area contributed by atoms with Gasteiger partial charge in [0.1, 0.15) is 12.4 Å². The van der Waals surface area contributed by atoms with Gasteiger partial charge in [0.2, 0.25) is 5.91 Å². The highest BCUT2D eigenvalue weighted by Gasteiger charge is 2.29. The first-order valence-corrected chi connectivity index (χ1v) is 13.9. The van der Waals surface area contributed by atoms with Crippen molar-refractivity contribution in [2.75, 3.05) is 36.4 Å². The van der Waals surface area contributed by atoms with E-state index in [1.54, 1.807) is 29.2 Å². The predicted octanol–water partition coefficient (Wildman–Crippen LogP) is 5.00. The van der Waals surface area contributed by atoms with E-state index >= 15 is 0 Å². The van der Waals surface area contributed by atoms with Gasteiger partial charge in [-0.2, -0.15) is 0 Å². The largest absolute Gasteiger partial charge is 0.363 e. The lowest BCUT2D eigenvalue weighted by atomic mass is 9.87. The summed E-state index contributed by atoms with van der Waals surface area (Å²) in [7, 11) is -0.173. The summed E-state index contributed by atoms with van der Waals surface area (Å²) in [5, 5.41) is 0. The number of hydrogen-bond donors (Lipinski definition) is 0. The molecule has 0 aliphatic carbocycles. The summed E-state index contributed by atoms with van der Waals surface area (Å²) < 4.78 is 28.9. The molecule has 8 heteroatoms. The third kappa shape index (κ3) is 6.89. The van der Waals surface area contributed by atoms with Gasteiger partial charge >= 0.3 is 0 Å². The number of carbonyl (C=O) groups is 1. The lowest BCUT2D eigenvalue weighted by Crippen LogP contribution is -2.43. The highest BCUT2D eigenvalue weighted by molar-refractivity contribution is 7.92. The Hall–Kier alpha value is -3.39. The van der Waals surface area contributed by atoms with E-state index in [9.17, 15) is 13.2 Å². The molecule has 0 saturated heterocycles. The van der Waals surface area contributed by atoms with Crippen molar-refractivity contribution in [2.45, 2.75) is 51.5 Å². The smallest absolute Gasteiger partial charge is 0.264 e. The molecule has 3 aromatic rings. The van der Waals surface area contributed by atoms with Gasteiger partial charge in [0.05, 0.1) is 22.8 Å². The first-order valence-electron chi connectivity index (χ1n) is 12.4.